The van der Waals surface area contributed by atoms with Gasteiger partial charge in [0.2, 0.25) is 5.91 Å². The number of nitrogens with one attached hydrogen (secondary N) is 1. The first-order chi connectivity index (χ1) is 11.6. The largest absolute Gasteiger partial charge is 0.377 e. The summed E-state index contributed by atoms with van der Waals surface area (Å²) in [4.78, 5) is 14.2. The van der Waals surface area contributed by atoms with Crippen LogP contribution in [0.4, 0.5) is 8.78 Å². The normalized spacial score (nSPS) is 21.8. The number of ether oxygens (including phenoxy) is 1. The summed E-state index contributed by atoms with van der Waals surface area (Å²) >= 11 is 0. The Labute approximate surface area is 140 Å². The first-order valence-electron chi connectivity index (χ1n) is 8.35. The number of piperidine rings is 1. The lowest BCUT2D eigenvalue weighted by atomic mass is 10.0. The number of amides is 1. The third-order valence-electron chi connectivity index (χ3n) is 4.47. The Morgan fingerprint density at radius 1 is 1.33 bits per heavy atom. The topological polar surface area (TPSA) is 41.6 Å². The van der Waals surface area contributed by atoms with Crippen LogP contribution in [0.3, 0.4) is 0 Å². The molecule has 0 unspecified atom stereocenters. The molecule has 0 aromatic heterocycles. The van der Waals surface area contributed by atoms with Crippen LogP contribution < -0.4 is 5.32 Å². The van der Waals surface area contributed by atoms with Gasteiger partial charge in [0.25, 0.3) is 0 Å². The summed E-state index contributed by atoms with van der Waals surface area (Å²) in [6.07, 6.45) is 4.69. The summed E-state index contributed by atoms with van der Waals surface area (Å²) in [5.41, 5.74) is 1.50. The second-order valence-corrected chi connectivity index (χ2v) is 6.27. The van der Waals surface area contributed by atoms with Crippen LogP contribution in [-0.2, 0) is 16.1 Å². The van der Waals surface area contributed by atoms with Crippen LogP contribution in [0.15, 0.2) is 29.8 Å². The third-order valence-corrected chi connectivity index (χ3v) is 4.47. The molecule has 1 saturated heterocycles. The molecule has 0 radical (unpaired) electrons. The standard InChI is InChI=1S/C18H22F2N2O2/c19-15-6-5-14(16(20)9-15)11-22-7-1-4-17(18(22)23)21-10-13-3-2-8-24-12-13/h3,5-6,9,17,21H,1-2,4,7-8,10-12H2/t17-/m0/s1. The van der Waals surface area contributed by atoms with E-state index in [0.29, 0.717) is 25.3 Å². The molecule has 1 amide bonds. The van der Waals surface area contributed by atoms with Gasteiger partial charge in [-0.2, -0.15) is 0 Å². The smallest absolute Gasteiger partial charge is 0.240 e. The van der Waals surface area contributed by atoms with Crippen molar-refractivity contribution in [2.24, 2.45) is 0 Å². The van der Waals surface area contributed by atoms with Crippen molar-refractivity contribution in [1.82, 2.24) is 10.2 Å². The first-order valence-corrected chi connectivity index (χ1v) is 8.35. The van der Waals surface area contributed by atoms with Gasteiger partial charge < -0.3 is 15.0 Å². The maximum Gasteiger partial charge on any atom is 0.240 e. The van der Waals surface area contributed by atoms with Crippen molar-refractivity contribution in [3.8, 4) is 0 Å². The Kier molecular flexibility index (Phi) is 5.58. The Hall–Kier alpha value is -1.79. The lowest BCUT2D eigenvalue weighted by Crippen LogP contribution is -2.50. The van der Waals surface area contributed by atoms with Crippen molar-refractivity contribution in [2.45, 2.75) is 31.8 Å². The molecule has 0 saturated carbocycles. The molecule has 24 heavy (non-hydrogen) atoms. The van der Waals surface area contributed by atoms with Gasteiger partial charge in [-0.05, 0) is 30.9 Å². The minimum atomic E-state index is -0.609. The first kappa shape index (κ1) is 17.0. The highest BCUT2D eigenvalue weighted by Crippen LogP contribution is 2.18. The Morgan fingerprint density at radius 3 is 2.96 bits per heavy atom. The fraction of sp³-hybridized carbons (Fsp3) is 0.500. The van der Waals surface area contributed by atoms with E-state index in [1.165, 1.54) is 12.1 Å². The summed E-state index contributed by atoms with van der Waals surface area (Å²) in [6, 6.07) is 3.22. The SMILES string of the molecule is O=C1[C@@H](NCC2=CCCOC2)CCCN1Cc1ccc(F)cc1F. The zero-order valence-corrected chi connectivity index (χ0v) is 13.6. The molecule has 4 nitrogen and oxygen atoms in total. The second kappa shape index (κ2) is 7.85. The third kappa shape index (κ3) is 4.19. The Balaban J connectivity index is 1.58. The zero-order chi connectivity index (χ0) is 16.9. The van der Waals surface area contributed by atoms with E-state index in [1.807, 2.05) is 0 Å². The van der Waals surface area contributed by atoms with E-state index < -0.39 is 11.6 Å². The van der Waals surface area contributed by atoms with E-state index in [2.05, 4.69) is 11.4 Å². The molecular weight excluding hydrogens is 314 g/mol. The fourth-order valence-corrected chi connectivity index (χ4v) is 3.13. The lowest BCUT2D eigenvalue weighted by Gasteiger charge is -2.33. The second-order valence-electron chi connectivity index (χ2n) is 6.27. The van der Waals surface area contributed by atoms with E-state index in [4.69, 9.17) is 4.74 Å². The van der Waals surface area contributed by atoms with Crippen LogP contribution in [0.25, 0.3) is 0 Å². The van der Waals surface area contributed by atoms with E-state index in [1.54, 1.807) is 4.90 Å². The predicted octanol–water partition coefficient (Wildman–Crippen LogP) is 2.39. The minimum Gasteiger partial charge on any atom is -0.377 e. The summed E-state index contributed by atoms with van der Waals surface area (Å²) < 4.78 is 32.2. The Morgan fingerprint density at radius 2 is 2.21 bits per heavy atom. The van der Waals surface area contributed by atoms with Gasteiger partial charge in [-0.3, -0.25) is 4.79 Å². The van der Waals surface area contributed by atoms with Crippen molar-refractivity contribution in [3.05, 3.63) is 47.0 Å². The number of likely N-dealkylation sites (tertiary alicyclic amines) is 1. The van der Waals surface area contributed by atoms with Gasteiger partial charge in [-0.1, -0.05) is 12.1 Å². The number of nitrogens with zero attached hydrogens (tertiary/aromatic N) is 1. The van der Waals surface area contributed by atoms with E-state index in [-0.39, 0.29) is 18.5 Å². The molecule has 2 aliphatic heterocycles. The molecule has 130 valence electrons. The van der Waals surface area contributed by atoms with Gasteiger partial charge in [-0.25, -0.2) is 8.78 Å². The molecule has 0 aliphatic carbocycles. The van der Waals surface area contributed by atoms with E-state index >= 15 is 0 Å². The van der Waals surface area contributed by atoms with Crippen molar-refractivity contribution in [3.63, 3.8) is 0 Å². The van der Waals surface area contributed by atoms with Crippen LogP contribution in [0.2, 0.25) is 0 Å². The van der Waals surface area contributed by atoms with Crippen molar-refractivity contribution >= 4 is 5.91 Å². The summed E-state index contributed by atoms with van der Waals surface area (Å²) in [5.74, 6) is -1.24. The highest BCUT2D eigenvalue weighted by Gasteiger charge is 2.29. The summed E-state index contributed by atoms with van der Waals surface area (Å²) in [6.45, 7) is 2.77. The van der Waals surface area contributed by atoms with Gasteiger partial charge >= 0.3 is 0 Å². The van der Waals surface area contributed by atoms with Gasteiger partial charge in [0.15, 0.2) is 0 Å². The lowest BCUT2D eigenvalue weighted by molar-refractivity contribution is -0.136. The maximum absolute atomic E-state index is 13.8. The van der Waals surface area contributed by atoms with Crippen LogP contribution >= 0.6 is 0 Å². The zero-order valence-electron chi connectivity index (χ0n) is 13.6. The molecule has 1 atom stereocenters. The molecular formula is C18H22F2N2O2. The number of benzene rings is 1. The van der Waals surface area contributed by atoms with Gasteiger partial charge in [0.05, 0.1) is 19.3 Å². The molecule has 6 heteroatoms. The quantitative estimate of drug-likeness (QED) is 0.840. The highest BCUT2D eigenvalue weighted by molar-refractivity contribution is 5.82. The van der Waals surface area contributed by atoms with Crippen LogP contribution in [-0.4, -0.2) is 43.2 Å². The number of carbonyl (C=O) groups is 1. The molecule has 1 fully saturated rings. The number of carbonyl (C=O) groups excluding carboxylic acids is 1. The number of halogens is 2. The average molecular weight is 336 g/mol. The van der Waals surface area contributed by atoms with E-state index in [0.717, 1.165) is 37.5 Å². The van der Waals surface area contributed by atoms with Crippen LogP contribution in [0.1, 0.15) is 24.8 Å². The van der Waals surface area contributed by atoms with Crippen molar-refractivity contribution in [1.29, 1.82) is 0 Å². The highest BCUT2D eigenvalue weighted by atomic mass is 19.1. The number of hydrogen-bond donors (Lipinski definition) is 1. The monoisotopic (exact) mass is 336 g/mol. The van der Waals surface area contributed by atoms with Crippen LogP contribution in [0.5, 0.6) is 0 Å². The summed E-state index contributed by atoms with van der Waals surface area (Å²) in [7, 11) is 0. The molecule has 0 spiro atoms. The average Bonchev–Trinajstić information content (AvgIpc) is 2.59. The van der Waals surface area contributed by atoms with Gasteiger partial charge in [0, 0.05) is 31.3 Å². The number of hydrogen-bond acceptors (Lipinski definition) is 3. The van der Waals surface area contributed by atoms with Crippen LogP contribution in [0, 0.1) is 11.6 Å². The molecule has 3 rings (SSSR count). The minimum absolute atomic E-state index is 0.0256. The van der Waals surface area contributed by atoms with Gasteiger partial charge in [0.1, 0.15) is 11.6 Å². The molecule has 2 aliphatic rings. The van der Waals surface area contributed by atoms with Gasteiger partial charge in [-0.15, -0.1) is 0 Å². The fourth-order valence-electron chi connectivity index (χ4n) is 3.13. The van der Waals surface area contributed by atoms with E-state index in [9.17, 15) is 13.6 Å². The van der Waals surface area contributed by atoms with Crippen molar-refractivity contribution in [2.75, 3.05) is 26.3 Å². The Bertz CT molecular complexity index is 633. The molecule has 1 aromatic carbocycles. The summed E-state index contributed by atoms with van der Waals surface area (Å²) in [5, 5.41) is 3.29. The molecule has 1 aromatic rings. The maximum atomic E-state index is 13.8. The number of rotatable bonds is 5. The van der Waals surface area contributed by atoms with Crippen molar-refractivity contribution < 1.29 is 18.3 Å². The molecule has 2 heterocycles. The molecule has 1 N–H and O–H groups in total. The molecule has 0 bridgehead atoms. The predicted molar refractivity (Wildman–Crippen MR) is 86.3 cm³/mol.